The minimum Gasteiger partial charge on any atom is -0.494 e. The first-order valence-corrected chi connectivity index (χ1v) is 5.58. The topological polar surface area (TPSA) is 9.23 Å². The van der Waals surface area contributed by atoms with Gasteiger partial charge >= 0.3 is 0 Å². The third-order valence-electron chi connectivity index (χ3n) is 2.83. The molecule has 0 aliphatic rings. The molecule has 0 spiro atoms. The number of halogens is 5. The van der Waals surface area contributed by atoms with Crippen LogP contribution in [0.4, 0.5) is 22.0 Å². The van der Waals surface area contributed by atoms with Crippen molar-refractivity contribution in [2.24, 2.45) is 0 Å². The summed E-state index contributed by atoms with van der Waals surface area (Å²) in [7, 11) is 0.492. The Morgan fingerprint density at radius 2 is 1.45 bits per heavy atom. The lowest BCUT2D eigenvalue weighted by molar-refractivity contribution is 0.386. The van der Waals surface area contributed by atoms with E-state index >= 15 is 0 Å². The molecule has 0 aliphatic carbocycles. The number of ether oxygens (including phenoxy) is 1. The van der Waals surface area contributed by atoms with Crippen LogP contribution in [0.3, 0.4) is 0 Å². The van der Waals surface area contributed by atoms with Gasteiger partial charge in [0.05, 0.1) is 7.11 Å². The predicted octanol–water partition coefficient (Wildman–Crippen LogP) is 1.78. The van der Waals surface area contributed by atoms with Crippen LogP contribution >= 0.6 is 0 Å². The molecule has 0 N–H and O–H groups in total. The van der Waals surface area contributed by atoms with E-state index in [0.717, 1.165) is 12.1 Å². The summed E-state index contributed by atoms with van der Waals surface area (Å²) in [6.07, 6.45) is 0. The monoisotopic (exact) mass is 286 g/mol. The van der Waals surface area contributed by atoms with Crippen LogP contribution in [0.15, 0.2) is 24.3 Å². The van der Waals surface area contributed by atoms with Crippen LogP contribution < -0.4 is 15.7 Å². The van der Waals surface area contributed by atoms with Gasteiger partial charge in [-0.2, -0.15) is 0 Å². The van der Waals surface area contributed by atoms with E-state index in [1.807, 2.05) is 0 Å². The van der Waals surface area contributed by atoms with E-state index in [0.29, 0.717) is 12.1 Å². The lowest BCUT2D eigenvalue weighted by Crippen LogP contribution is -2.36. The van der Waals surface area contributed by atoms with Gasteiger partial charge in [-0.1, -0.05) is 0 Å². The van der Waals surface area contributed by atoms with E-state index in [2.05, 4.69) is 4.74 Å². The molecule has 2 rings (SSSR count). The SMILES string of the molecule is COc1ccc(F)c(Bc2c(F)cc(F)cc2F)c1F. The fourth-order valence-electron chi connectivity index (χ4n) is 1.81. The van der Waals surface area contributed by atoms with Gasteiger partial charge in [0, 0.05) is 12.1 Å². The van der Waals surface area contributed by atoms with Crippen LogP contribution in [0.1, 0.15) is 0 Å². The Labute approximate surface area is 112 Å². The van der Waals surface area contributed by atoms with Gasteiger partial charge in [-0.25, -0.2) is 22.0 Å². The van der Waals surface area contributed by atoms with Crippen LogP contribution in [-0.2, 0) is 0 Å². The molecule has 0 radical (unpaired) electrons. The van der Waals surface area contributed by atoms with Crippen molar-refractivity contribution in [1.82, 2.24) is 0 Å². The van der Waals surface area contributed by atoms with Crippen LogP contribution in [0.25, 0.3) is 0 Å². The Balaban J connectivity index is 2.50. The maximum absolute atomic E-state index is 13.9. The number of benzene rings is 2. The fourth-order valence-corrected chi connectivity index (χ4v) is 1.81. The molecule has 0 saturated heterocycles. The van der Waals surface area contributed by atoms with Crippen molar-refractivity contribution in [2.75, 3.05) is 7.11 Å². The first-order valence-electron chi connectivity index (χ1n) is 5.58. The number of hydrogen-bond donors (Lipinski definition) is 0. The van der Waals surface area contributed by atoms with E-state index < -0.39 is 47.3 Å². The third kappa shape index (κ3) is 2.61. The Morgan fingerprint density at radius 3 is 2.00 bits per heavy atom. The summed E-state index contributed by atoms with van der Waals surface area (Å²) in [5, 5.41) is 0. The zero-order valence-corrected chi connectivity index (χ0v) is 10.3. The molecule has 104 valence electrons. The molecule has 0 fully saturated rings. The molecule has 0 bridgehead atoms. The molecule has 0 amide bonds. The van der Waals surface area contributed by atoms with Gasteiger partial charge in [-0.15, -0.1) is 0 Å². The highest BCUT2D eigenvalue weighted by Crippen LogP contribution is 2.15. The highest BCUT2D eigenvalue weighted by Gasteiger charge is 2.20. The number of hydrogen-bond acceptors (Lipinski definition) is 1. The minimum atomic E-state index is -1.20. The molecule has 0 atom stereocenters. The van der Waals surface area contributed by atoms with E-state index in [1.165, 1.54) is 7.11 Å². The van der Waals surface area contributed by atoms with Gasteiger partial charge in [0.1, 0.15) is 23.3 Å². The highest BCUT2D eigenvalue weighted by molar-refractivity contribution is 6.67. The molecule has 2 aromatic carbocycles. The fraction of sp³-hybridized carbons (Fsp3) is 0.0769. The van der Waals surface area contributed by atoms with Gasteiger partial charge in [0.25, 0.3) is 0 Å². The summed E-state index contributed by atoms with van der Waals surface area (Å²) in [5.41, 5.74) is -1.16. The average Bonchev–Trinajstić information content (AvgIpc) is 2.37. The van der Waals surface area contributed by atoms with E-state index in [9.17, 15) is 22.0 Å². The lowest BCUT2D eigenvalue weighted by Gasteiger charge is -2.09. The first kappa shape index (κ1) is 14.4. The van der Waals surface area contributed by atoms with E-state index in [4.69, 9.17) is 0 Å². The van der Waals surface area contributed by atoms with Crippen LogP contribution in [0.2, 0.25) is 0 Å². The molecule has 0 aromatic heterocycles. The van der Waals surface area contributed by atoms with Gasteiger partial charge in [-0.05, 0) is 23.1 Å². The van der Waals surface area contributed by atoms with Crippen LogP contribution in [0.5, 0.6) is 5.75 Å². The summed E-state index contributed by atoms with van der Waals surface area (Å²) in [5.74, 6) is -5.77. The maximum atomic E-state index is 13.9. The number of rotatable bonds is 3. The van der Waals surface area contributed by atoms with Gasteiger partial charge in [0.15, 0.2) is 11.6 Å². The Bertz CT molecular complexity index is 636. The first-order chi connectivity index (χ1) is 9.43. The molecule has 0 unspecified atom stereocenters. The zero-order chi connectivity index (χ0) is 14.9. The van der Waals surface area contributed by atoms with Crippen LogP contribution in [-0.4, -0.2) is 14.4 Å². The third-order valence-corrected chi connectivity index (χ3v) is 2.83. The van der Waals surface area contributed by atoms with Crippen molar-refractivity contribution < 1.29 is 26.7 Å². The van der Waals surface area contributed by atoms with Crippen molar-refractivity contribution in [3.05, 3.63) is 53.4 Å². The summed E-state index contributed by atoms with van der Waals surface area (Å²) >= 11 is 0. The van der Waals surface area contributed by atoms with Gasteiger partial charge in [0.2, 0.25) is 7.28 Å². The summed E-state index contributed by atoms with van der Waals surface area (Å²) in [6.45, 7) is 0. The van der Waals surface area contributed by atoms with Crippen molar-refractivity contribution in [3.63, 3.8) is 0 Å². The molecule has 7 heteroatoms. The highest BCUT2D eigenvalue weighted by atomic mass is 19.2. The largest absolute Gasteiger partial charge is 0.494 e. The van der Waals surface area contributed by atoms with E-state index in [1.54, 1.807) is 0 Å². The molecule has 0 heterocycles. The smallest absolute Gasteiger partial charge is 0.207 e. The Morgan fingerprint density at radius 1 is 0.850 bits per heavy atom. The van der Waals surface area contributed by atoms with Crippen molar-refractivity contribution in [3.8, 4) is 5.75 Å². The lowest BCUT2D eigenvalue weighted by atomic mass is 9.63. The van der Waals surface area contributed by atoms with Crippen molar-refractivity contribution >= 4 is 18.2 Å². The molecular weight excluding hydrogens is 278 g/mol. The minimum absolute atomic E-state index is 0.246. The molecule has 20 heavy (non-hydrogen) atoms. The van der Waals surface area contributed by atoms with Crippen LogP contribution in [0, 0.1) is 29.1 Å². The number of methoxy groups -OCH3 is 1. The normalized spacial score (nSPS) is 10.5. The molecule has 0 aliphatic heterocycles. The average molecular weight is 286 g/mol. The van der Waals surface area contributed by atoms with Crippen molar-refractivity contribution in [2.45, 2.75) is 0 Å². The van der Waals surface area contributed by atoms with Crippen molar-refractivity contribution in [1.29, 1.82) is 0 Å². The standard InChI is InChI=1S/C13H8BF5O/c1-20-10-3-2-7(16)12(13(10)19)14-11-8(17)4-6(15)5-9(11)18/h2-5,14H,1H3. The summed E-state index contributed by atoms with van der Waals surface area (Å²) < 4.78 is 71.9. The Hall–Kier alpha value is -2.05. The Kier molecular flexibility index (Phi) is 3.97. The molecule has 2 aromatic rings. The quantitative estimate of drug-likeness (QED) is 0.617. The summed E-state index contributed by atoms with van der Waals surface area (Å²) in [6, 6.07) is 2.89. The van der Waals surface area contributed by atoms with Gasteiger partial charge < -0.3 is 4.74 Å². The predicted molar refractivity (Wildman–Crippen MR) is 65.6 cm³/mol. The second kappa shape index (κ2) is 5.52. The zero-order valence-electron chi connectivity index (χ0n) is 10.3. The van der Waals surface area contributed by atoms with Gasteiger partial charge in [-0.3, -0.25) is 0 Å². The molecule has 1 nitrogen and oxygen atoms in total. The molecule has 0 saturated carbocycles. The summed E-state index contributed by atoms with van der Waals surface area (Å²) in [4.78, 5) is 0. The van der Waals surface area contributed by atoms with E-state index in [-0.39, 0.29) is 5.75 Å². The second-order valence-corrected chi connectivity index (χ2v) is 4.07. The second-order valence-electron chi connectivity index (χ2n) is 4.07. The molecular formula is C13H8BF5O. The maximum Gasteiger partial charge on any atom is 0.207 e.